The van der Waals surface area contributed by atoms with Crippen LogP contribution in [0.1, 0.15) is 112 Å². The molecule has 0 heteroatoms. The molecule has 1 aliphatic carbocycles. The van der Waals surface area contributed by atoms with Crippen LogP contribution in [0.15, 0.2) is 48.5 Å². The van der Waals surface area contributed by atoms with Crippen LogP contribution in [0.25, 0.3) is 0 Å². The minimum atomic E-state index is 0.568. The molecule has 31 heavy (non-hydrogen) atoms. The van der Waals surface area contributed by atoms with Gasteiger partial charge in [0.2, 0.25) is 0 Å². The Labute approximate surface area is 191 Å². The Kier molecular flexibility index (Phi) is 10.2. The SMILES string of the molecule is CCCCCCCCCCc1ccc(C2CCC(C#Cc3ccc(C)cc3)CC2)cc1. The van der Waals surface area contributed by atoms with Gasteiger partial charge in [0, 0.05) is 11.5 Å². The van der Waals surface area contributed by atoms with Crippen LogP contribution in [0.3, 0.4) is 0 Å². The molecule has 1 saturated carbocycles. The van der Waals surface area contributed by atoms with Crippen molar-refractivity contribution >= 4 is 0 Å². The molecule has 0 aromatic heterocycles. The van der Waals surface area contributed by atoms with E-state index in [0.717, 1.165) is 11.5 Å². The van der Waals surface area contributed by atoms with Gasteiger partial charge >= 0.3 is 0 Å². The number of aryl methyl sites for hydroxylation is 2. The van der Waals surface area contributed by atoms with E-state index in [-0.39, 0.29) is 0 Å². The van der Waals surface area contributed by atoms with Gasteiger partial charge in [0.25, 0.3) is 0 Å². The molecule has 2 aromatic carbocycles. The second-order valence-corrected chi connectivity index (χ2v) is 9.65. The van der Waals surface area contributed by atoms with Crippen molar-refractivity contribution in [2.45, 2.75) is 103 Å². The highest BCUT2D eigenvalue weighted by Gasteiger charge is 2.21. The predicted octanol–water partition coefficient (Wildman–Crippen LogP) is 9.00. The highest BCUT2D eigenvalue weighted by atomic mass is 14.2. The van der Waals surface area contributed by atoms with E-state index < -0.39 is 0 Å². The maximum atomic E-state index is 3.54. The first-order valence-corrected chi connectivity index (χ1v) is 12.9. The lowest BCUT2D eigenvalue weighted by Crippen LogP contribution is -2.12. The lowest BCUT2D eigenvalue weighted by molar-refractivity contribution is 0.384. The van der Waals surface area contributed by atoms with Gasteiger partial charge in [-0.3, -0.25) is 0 Å². The molecular weight excluding hydrogens is 372 g/mol. The Morgan fingerprint density at radius 3 is 1.97 bits per heavy atom. The summed E-state index contributed by atoms with van der Waals surface area (Å²) in [4.78, 5) is 0. The van der Waals surface area contributed by atoms with Crippen LogP contribution in [0.5, 0.6) is 0 Å². The van der Waals surface area contributed by atoms with Crippen molar-refractivity contribution in [2.75, 3.05) is 0 Å². The number of hydrogen-bond acceptors (Lipinski definition) is 0. The van der Waals surface area contributed by atoms with Crippen LogP contribution < -0.4 is 0 Å². The minimum absolute atomic E-state index is 0.568. The van der Waals surface area contributed by atoms with Gasteiger partial charge in [-0.05, 0) is 74.6 Å². The Morgan fingerprint density at radius 1 is 0.710 bits per heavy atom. The second kappa shape index (κ2) is 13.4. The normalized spacial score (nSPS) is 18.4. The maximum absolute atomic E-state index is 3.54. The number of benzene rings is 2. The summed E-state index contributed by atoms with van der Waals surface area (Å²) >= 11 is 0. The molecule has 0 atom stereocenters. The largest absolute Gasteiger partial charge is 0.0945 e. The Balaban J connectivity index is 1.35. The molecule has 0 heterocycles. The topological polar surface area (TPSA) is 0 Å². The van der Waals surface area contributed by atoms with Gasteiger partial charge in [-0.2, -0.15) is 0 Å². The molecule has 0 radical (unpaired) electrons. The van der Waals surface area contributed by atoms with Gasteiger partial charge in [-0.1, -0.05) is 106 Å². The molecule has 1 aliphatic rings. The van der Waals surface area contributed by atoms with Gasteiger partial charge in [0.15, 0.2) is 0 Å². The third kappa shape index (κ3) is 8.57. The molecule has 1 fully saturated rings. The van der Waals surface area contributed by atoms with E-state index in [0.29, 0.717) is 5.92 Å². The van der Waals surface area contributed by atoms with Crippen LogP contribution >= 0.6 is 0 Å². The van der Waals surface area contributed by atoms with Gasteiger partial charge in [0.1, 0.15) is 0 Å². The zero-order valence-electron chi connectivity index (χ0n) is 20.0. The Morgan fingerprint density at radius 2 is 1.32 bits per heavy atom. The van der Waals surface area contributed by atoms with E-state index in [1.165, 1.54) is 94.6 Å². The number of unbranched alkanes of at least 4 members (excludes halogenated alkanes) is 7. The lowest BCUT2D eigenvalue weighted by Gasteiger charge is -2.26. The molecule has 0 N–H and O–H groups in total. The van der Waals surface area contributed by atoms with Crippen LogP contribution in [0.4, 0.5) is 0 Å². The fourth-order valence-electron chi connectivity index (χ4n) is 4.81. The third-order valence-corrected chi connectivity index (χ3v) is 6.97. The van der Waals surface area contributed by atoms with Crippen LogP contribution in [0.2, 0.25) is 0 Å². The van der Waals surface area contributed by atoms with Crippen molar-refractivity contribution in [3.05, 3.63) is 70.8 Å². The quantitative estimate of drug-likeness (QED) is 0.269. The average molecular weight is 415 g/mol. The molecule has 2 aromatic rings. The van der Waals surface area contributed by atoms with E-state index in [1.54, 1.807) is 5.56 Å². The van der Waals surface area contributed by atoms with Crippen molar-refractivity contribution < 1.29 is 0 Å². The summed E-state index contributed by atoms with van der Waals surface area (Å²) in [6.07, 6.45) is 17.5. The molecule has 0 unspecified atom stereocenters. The molecule has 0 aliphatic heterocycles. The highest BCUT2D eigenvalue weighted by molar-refractivity contribution is 5.36. The summed E-state index contributed by atoms with van der Waals surface area (Å²) in [6, 6.07) is 18.2. The van der Waals surface area contributed by atoms with Gasteiger partial charge in [-0.25, -0.2) is 0 Å². The standard InChI is InChI=1S/C31H42/c1-3-4-5-6-7-8-9-10-11-27-18-22-30(23-19-27)31-24-20-29(21-25-31)17-16-28-14-12-26(2)13-15-28/h12-15,18-19,22-23,29,31H,3-11,20-21,24-25H2,1-2H3. The Hall–Kier alpha value is -2.00. The van der Waals surface area contributed by atoms with E-state index >= 15 is 0 Å². The van der Waals surface area contributed by atoms with E-state index in [1.807, 2.05) is 0 Å². The van der Waals surface area contributed by atoms with E-state index in [9.17, 15) is 0 Å². The monoisotopic (exact) mass is 414 g/mol. The fraction of sp³-hybridized carbons (Fsp3) is 0.548. The van der Waals surface area contributed by atoms with Gasteiger partial charge < -0.3 is 0 Å². The van der Waals surface area contributed by atoms with Crippen molar-refractivity contribution in [3.63, 3.8) is 0 Å². The smallest absolute Gasteiger partial charge is 0.0245 e. The molecule has 0 saturated heterocycles. The summed E-state index contributed by atoms with van der Waals surface area (Å²) in [7, 11) is 0. The average Bonchev–Trinajstić information content (AvgIpc) is 2.81. The first-order valence-electron chi connectivity index (χ1n) is 12.9. The Bertz CT molecular complexity index is 792. The number of hydrogen-bond donors (Lipinski definition) is 0. The van der Waals surface area contributed by atoms with Crippen LogP contribution in [0, 0.1) is 24.7 Å². The molecule has 3 rings (SSSR count). The zero-order valence-corrected chi connectivity index (χ0v) is 20.0. The van der Waals surface area contributed by atoms with Crippen molar-refractivity contribution in [1.82, 2.24) is 0 Å². The summed E-state index contributed by atoms with van der Waals surface area (Å²) in [5.74, 6) is 8.23. The van der Waals surface area contributed by atoms with E-state index in [2.05, 4.69) is 74.2 Å². The summed E-state index contributed by atoms with van der Waals surface area (Å²) in [5.41, 5.74) is 5.52. The molecule has 0 nitrogen and oxygen atoms in total. The summed E-state index contributed by atoms with van der Waals surface area (Å²) < 4.78 is 0. The third-order valence-electron chi connectivity index (χ3n) is 6.97. The molecular formula is C31H42. The maximum Gasteiger partial charge on any atom is 0.0245 e. The second-order valence-electron chi connectivity index (χ2n) is 9.65. The molecule has 0 bridgehead atoms. The minimum Gasteiger partial charge on any atom is -0.0945 e. The lowest BCUT2D eigenvalue weighted by atomic mass is 9.78. The zero-order chi connectivity index (χ0) is 21.7. The highest BCUT2D eigenvalue weighted by Crippen LogP contribution is 2.35. The molecule has 0 spiro atoms. The van der Waals surface area contributed by atoms with Crippen LogP contribution in [-0.4, -0.2) is 0 Å². The van der Waals surface area contributed by atoms with Crippen molar-refractivity contribution in [3.8, 4) is 11.8 Å². The first kappa shape index (κ1) is 23.7. The van der Waals surface area contributed by atoms with Gasteiger partial charge in [0.05, 0.1) is 0 Å². The molecule has 166 valence electrons. The van der Waals surface area contributed by atoms with E-state index in [4.69, 9.17) is 0 Å². The van der Waals surface area contributed by atoms with Crippen molar-refractivity contribution in [2.24, 2.45) is 5.92 Å². The van der Waals surface area contributed by atoms with Crippen LogP contribution in [-0.2, 0) is 6.42 Å². The van der Waals surface area contributed by atoms with Crippen molar-refractivity contribution in [1.29, 1.82) is 0 Å². The summed E-state index contributed by atoms with van der Waals surface area (Å²) in [5, 5.41) is 0. The number of rotatable bonds is 10. The van der Waals surface area contributed by atoms with Gasteiger partial charge in [-0.15, -0.1) is 0 Å². The fourth-order valence-corrected chi connectivity index (χ4v) is 4.81. The first-order chi connectivity index (χ1) is 15.2. The predicted molar refractivity (Wildman–Crippen MR) is 136 cm³/mol. The molecule has 0 amide bonds. The summed E-state index contributed by atoms with van der Waals surface area (Å²) in [6.45, 7) is 4.42.